The molecule has 31 nitrogen and oxygen atoms in total. The number of amides is 5. The Bertz CT molecular complexity index is 4550. The number of ether oxygens (including phenoxy) is 6. The summed E-state index contributed by atoms with van der Waals surface area (Å²) in [5, 5.41) is 57.6. The lowest BCUT2D eigenvalue weighted by Gasteiger charge is -2.48. The predicted molar refractivity (Wildman–Crippen MR) is 370 cm³/mol. The molecule has 12 heterocycles. The smallest absolute Gasteiger partial charge is 0.355 e. The van der Waals surface area contributed by atoms with Crippen molar-refractivity contribution < 1.29 is 77.3 Å². The van der Waals surface area contributed by atoms with Crippen molar-refractivity contribution >= 4 is 115 Å². The van der Waals surface area contributed by atoms with Gasteiger partial charge in [0.1, 0.15) is 125 Å². The van der Waals surface area contributed by atoms with Gasteiger partial charge in [-0.1, -0.05) is 12.1 Å². The first-order chi connectivity index (χ1) is 48.4. The molecule has 0 spiro atoms. The van der Waals surface area contributed by atoms with Crippen LogP contribution in [0.15, 0.2) is 56.9 Å². The van der Waals surface area contributed by atoms with Crippen molar-refractivity contribution in [3.05, 3.63) is 112 Å². The molecular weight excluding hydrogens is 1410 g/mol. The Morgan fingerprint density at radius 2 is 1.51 bits per heavy atom. The third-order valence-corrected chi connectivity index (χ3v) is 22.4. The van der Waals surface area contributed by atoms with E-state index in [1.807, 2.05) is 4.90 Å². The summed E-state index contributed by atoms with van der Waals surface area (Å²) in [6.45, 7) is 9.36. The normalized spacial score (nSPS) is 25.1. The Kier molecular flexibility index (Phi) is 20.6. The highest BCUT2D eigenvalue weighted by atomic mass is 32.1. The molecule has 5 amide bonds. The first-order valence-electron chi connectivity index (χ1n) is 32.1. The number of nitrogens with zero attached hydrogens (tertiary/aromatic N) is 9. The van der Waals surface area contributed by atoms with E-state index in [-0.39, 0.29) is 112 Å². The van der Waals surface area contributed by atoms with Gasteiger partial charge in [0, 0.05) is 94.6 Å². The number of piperazine rings is 1. The highest BCUT2D eigenvalue weighted by Crippen LogP contribution is 2.43. The van der Waals surface area contributed by atoms with E-state index in [1.54, 1.807) is 56.9 Å². The Morgan fingerprint density at radius 1 is 0.832 bits per heavy atom. The summed E-state index contributed by atoms with van der Waals surface area (Å²) >= 11 is 4.89. The monoisotopic (exact) mass is 1480 g/mol. The van der Waals surface area contributed by atoms with Gasteiger partial charge in [0.15, 0.2) is 12.4 Å². The molecule has 36 heteroatoms. The minimum Gasteiger partial charge on any atom is -0.506 e. The van der Waals surface area contributed by atoms with Crippen molar-refractivity contribution in [3.8, 4) is 38.4 Å². The minimum atomic E-state index is -1.84. The molecule has 1 aromatic carbocycles. The van der Waals surface area contributed by atoms with Crippen molar-refractivity contribution in [1.29, 1.82) is 0 Å². The number of carbonyl (C=O) groups is 7. The summed E-state index contributed by atoms with van der Waals surface area (Å²) in [6, 6.07) is 1.48. The number of cyclic esters (lactones) is 2. The lowest BCUT2D eigenvalue weighted by molar-refractivity contribution is -0.280. The summed E-state index contributed by atoms with van der Waals surface area (Å²) in [5.41, 5.74) is -0.725. The fraction of sp³-hybridized carbons (Fsp3) is 0.431. The van der Waals surface area contributed by atoms with Gasteiger partial charge < -0.3 is 85.1 Å². The van der Waals surface area contributed by atoms with Gasteiger partial charge >= 0.3 is 11.9 Å². The summed E-state index contributed by atoms with van der Waals surface area (Å²) in [5.74, 6) is -6.16. The quantitative estimate of drug-likeness (QED) is 0.0675. The van der Waals surface area contributed by atoms with E-state index < -0.39 is 115 Å². The summed E-state index contributed by atoms with van der Waals surface area (Å²) in [4.78, 5) is 141. The molecule has 12 bridgehead atoms. The average molecular weight is 1480 g/mol. The number of thiazole rings is 5. The molecule has 0 saturated carbocycles. The van der Waals surface area contributed by atoms with Gasteiger partial charge in [-0.25, -0.2) is 39.5 Å². The molecule has 5 aliphatic rings. The second kappa shape index (κ2) is 29.4. The second-order valence-corrected chi connectivity index (χ2v) is 29.7. The zero-order chi connectivity index (χ0) is 71.3. The highest BCUT2D eigenvalue weighted by molar-refractivity contribution is 7.14. The van der Waals surface area contributed by atoms with Crippen molar-refractivity contribution in [2.75, 3.05) is 74.1 Å². The Morgan fingerprint density at radius 3 is 2.26 bits per heavy atom. The molecule has 10 atom stereocenters. The Labute approximate surface area is 596 Å². The van der Waals surface area contributed by atoms with E-state index in [0.717, 1.165) is 82.9 Å². The number of aromatic hydroxyl groups is 1. The number of carbonyl (C=O) groups excluding carboxylic acids is 7. The van der Waals surface area contributed by atoms with Crippen LogP contribution in [0.2, 0.25) is 0 Å². The number of likely N-dealkylation sites (N-methyl/N-ethyl adjacent to an activating group) is 2. The molecule has 8 aromatic rings. The SMILES string of the molecule is CO/C(C)=C1/NC(=O)C(C(C)O)NC(=O)c2csc(n2)-c2cc(O)c(-c3nc(C(=O)NCCN4CCN(C)CC4)cs3)nc2-c2csc(n2)C2COC(=O)c3[nH]c4cccc5c4c3COC(C(OC3CC(C)(O)C(N(C)C)C(C)O3)C(=O)OC5)C(NC(=O)c3csc1n3)c1nc(cs1)C(=O)N2. The largest absolute Gasteiger partial charge is 0.506 e. The number of hydrogen-bond donors (Lipinski definition) is 9. The molecular formula is C65H71N15O16S5. The number of fused-ring (bicyclic) bond motifs is 15. The molecule has 101 heavy (non-hydrogen) atoms. The Balaban J connectivity index is 0.946. The van der Waals surface area contributed by atoms with E-state index >= 15 is 19.2 Å². The van der Waals surface area contributed by atoms with Gasteiger partial charge in [0.05, 0.1) is 37.6 Å². The molecule has 9 N–H and O–H groups in total. The van der Waals surface area contributed by atoms with Crippen molar-refractivity contribution in [1.82, 2.24) is 76.2 Å². The van der Waals surface area contributed by atoms with Gasteiger partial charge in [0.2, 0.25) is 5.91 Å². The number of H-pyrrole nitrogens is 1. The second-order valence-electron chi connectivity index (χ2n) is 25.3. The number of rotatable bonds is 10. The van der Waals surface area contributed by atoms with Crippen LogP contribution >= 0.6 is 56.7 Å². The number of aromatic nitrogens is 7. The predicted octanol–water partition coefficient (Wildman–Crippen LogP) is 4.43. The zero-order valence-electron chi connectivity index (χ0n) is 55.7. The zero-order valence-corrected chi connectivity index (χ0v) is 59.8. The molecule has 2 saturated heterocycles. The van der Waals surface area contributed by atoms with E-state index in [1.165, 1.54) is 43.2 Å². The number of methoxy groups -OCH3 is 1. The van der Waals surface area contributed by atoms with Crippen LogP contribution in [0, 0.1) is 0 Å². The third-order valence-electron chi connectivity index (χ3n) is 17.9. The number of benzene rings is 1. The molecule has 10 unspecified atom stereocenters. The number of nitrogens with one attached hydrogen (secondary N) is 6. The fourth-order valence-corrected chi connectivity index (χ4v) is 17.0. The van der Waals surface area contributed by atoms with Gasteiger partial charge in [-0.15, -0.1) is 56.7 Å². The number of allylic oxidation sites excluding steroid dienone is 1. The van der Waals surface area contributed by atoms with Gasteiger partial charge in [-0.05, 0) is 66.5 Å². The molecule has 2 fully saturated rings. The molecule has 0 radical (unpaired) electrons. The lowest BCUT2D eigenvalue weighted by Crippen LogP contribution is -2.62. The van der Waals surface area contributed by atoms with Crippen molar-refractivity contribution in [2.24, 2.45) is 0 Å². The number of hydrogen-bond acceptors (Lipinski definition) is 30. The topological polar surface area (TPSA) is 399 Å². The fourth-order valence-electron chi connectivity index (χ4n) is 12.8. The first-order valence-corrected chi connectivity index (χ1v) is 36.5. The minimum absolute atomic E-state index is 0.00728. The van der Waals surface area contributed by atoms with Gasteiger partial charge in [0.25, 0.3) is 23.6 Å². The standard InChI is InChI=1S/C65H71N15O16S5/c1-28(81)44-57(87)76-45(29(2)91-8)60-72-40(27-99-60)56(86)77-49-50-51(96-42-19-65(4,90)52(78(5)6)30(3)95-42)64(89)93-20-31-10-9-11-34-43(31)33(21-92-50)47(67-34)63(88)94-22-35(68-54(84)38-26-101-62(49)73-38)59-69-36(23-98-59)46-32(58-70-39(25-97-58)55(85)75-44)18-41(82)48(74-46)61-71-37(24-100-61)53(83)66-12-13-80-16-14-79(7)15-17-80/h9-11,18,23-28,30,35,42,44,49-52,67,81-82,90H,12-17,19-22H2,1-8H3,(H,66,83)(H,68,84)(H,75,85)(H,76,87)(H,77,86)/b45-29+. The molecule has 7 aromatic heterocycles. The van der Waals surface area contributed by atoms with Crippen molar-refractivity contribution in [2.45, 2.75) is 108 Å². The lowest BCUT2D eigenvalue weighted by atomic mass is 9.85. The number of aliphatic hydroxyl groups excluding tert-OH is 1. The Hall–Kier alpha value is -8.63. The van der Waals surface area contributed by atoms with Crippen LogP contribution in [0.1, 0.15) is 125 Å². The van der Waals surface area contributed by atoms with Crippen LogP contribution in [0.25, 0.3) is 49.3 Å². The summed E-state index contributed by atoms with van der Waals surface area (Å²) in [7, 11) is 6.98. The van der Waals surface area contributed by atoms with Crippen LogP contribution in [0.4, 0.5) is 0 Å². The molecule has 5 aliphatic heterocycles. The maximum absolute atomic E-state index is 15.2. The summed E-state index contributed by atoms with van der Waals surface area (Å²) < 4.78 is 38.0. The highest BCUT2D eigenvalue weighted by Gasteiger charge is 2.50. The molecule has 0 aliphatic carbocycles. The maximum Gasteiger partial charge on any atom is 0.355 e. The third kappa shape index (κ3) is 14.8. The first kappa shape index (κ1) is 70.8. The van der Waals surface area contributed by atoms with Crippen LogP contribution in [-0.4, -0.2) is 229 Å². The van der Waals surface area contributed by atoms with Crippen LogP contribution in [0.3, 0.4) is 0 Å². The number of aromatic amines is 1. The van der Waals surface area contributed by atoms with E-state index in [4.69, 9.17) is 43.4 Å². The average Bonchev–Trinajstić information content (AvgIpc) is 1.63. The van der Waals surface area contributed by atoms with Crippen LogP contribution in [0.5, 0.6) is 5.75 Å². The van der Waals surface area contributed by atoms with E-state index in [0.29, 0.717) is 29.6 Å². The number of pyridine rings is 1. The molecule has 13 rings (SSSR count). The number of aliphatic hydroxyl groups is 2. The van der Waals surface area contributed by atoms with E-state index in [9.17, 15) is 29.7 Å². The van der Waals surface area contributed by atoms with Gasteiger partial charge in [-0.3, -0.25) is 28.9 Å². The van der Waals surface area contributed by atoms with E-state index in [2.05, 4.69) is 63.4 Å². The summed E-state index contributed by atoms with van der Waals surface area (Å²) in [6.07, 6.45) is -7.21. The van der Waals surface area contributed by atoms with Gasteiger partial charge in [-0.2, -0.15) is 0 Å². The van der Waals surface area contributed by atoms with Crippen molar-refractivity contribution in [3.63, 3.8) is 0 Å². The van der Waals surface area contributed by atoms with Crippen LogP contribution < -0.4 is 26.6 Å². The van der Waals surface area contributed by atoms with Crippen LogP contribution in [-0.2, 0) is 51.2 Å². The number of esters is 2. The molecule has 532 valence electrons. The maximum atomic E-state index is 15.2.